The summed E-state index contributed by atoms with van der Waals surface area (Å²) in [6.07, 6.45) is 0.969. The molecule has 0 spiro atoms. The summed E-state index contributed by atoms with van der Waals surface area (Å²) in [5.41, 5.74) is 3.99. The van der Waals surface area contributed by atoms with Crippen LogP contribution in [0.4, 0.5) is 0 Å². The smallest absolute Gasteiger partial charge is 0.308 e. The summed E-state index contributed by atoms with van der Waals surface area (Å²) in [4.78, 5) is 26.1. The molecule has 1 saturated heterocycles. The Morgan fingerprint density at radius 1 is 1.22 bits per heavy atom. The molecule has 1 aliphatic heterocycles. The molecular weight excluding hydrogens is 366 g/mol. The number of likely N-dealkylation sites (tertiary alicyclic amines) is 1. The number of carboxylic acids is 1. The first-order chi connectivity index (χ1) is 12.8. The van der Waals surface area contributed by atoms with Gasteiger partial charge in [-0.25, -0.2) is 0 Å². The molecule has 2 aromatic rings. The van der Waals surface area contributed by atoms with Gasteiger partial charge in [-0.2, -0.15) is 5.10 Å². The fourth-order valence-corrected chi connectivity index (χ4v) is 4.00. The van der Waals surface area contributed by atoms with Crippen LogP contribution < -0.4 is 0 Å². The molecule has 2 atom stereocenters. The van der Waals surface area contributed by atoms with E-state index in [0.29, 0.717) is 24.4 Å². The number of carbonyl (C=O) groups is 2. The van der Waals surface area contributed by atoms with E-state index in [4.69, 9.17) is 11.6 Å². The zero-order valence-corrected chi connectivity index (χ0v) is 16.5. The molecule has 2 heterocycles. The number of nitrogens with zero attached hydrogens (tertiary/aromatic N) is 3. The van der Waals surface area contributed by atoms with Gasteiger partial charge in [0.15, 0.2) is 0 Å². The summed E-state index contributed by atoms with van der Waals surface area (Å²) < 4.78 is 1.82. The van der Waals surface area contributed by atoms with Crippen molar-refractivity contribution in [2.75, 3.05) is 13.1 Å². The zero-order valence-electron chi connectivity index (χ0n) is 15.8. The van der Waals surface area contributed by atoms with Crippen LogP contribution in [0.5, 0.6) is 0 Å². The Hall–Kier alpha value is -2.34. The molecule has 6 nitrogen and oxygen atoms in total. The zero-order chi connectivity index (χ0) is 19.7. The van der Waals surface area contributed by atoms with Gasteiger partial charge in [-0.15, -0.1) is 0 Å². The Morgan fingerprint density at radius 3 is 2.44 bits per heavy atom. The summed E-state index contributed by atoms with van der Waals surface area (Å²) in [6, 6.07) is 7.21. The lowest BCUT2D eigenvalue weighted by molar-refractivity contribution is -0.141. The van der Waals surface area contributed by atoms with E-state index in [2.05, 4.69) is 5.10 Å². The van der Waals surface area contributed by atoms with Gasteiger partial charge in [0, 0.05) is 43.2 Å². The SMILES string of the molecule is Cc1nn(C)c(C)c1CCC(=O)N1C[C@@H](C(=O)O)[C@H](c2ccc(Cl)cc2)C1. The highest BCUT2D eigenvalue weighted by Crippen LogP contribution is 2.34. The predicted molar refractivity (Wildman–Crippen MR) is 103 cm³/mol. The number of carboxylic acid groups (broad SMARTS) is 1. The second-order valence-corrected chi connectivity index (χ2v) is 7.61. The van der Waals surface area contributed by atoms with Gasteiger partial charge in [0.1, 0.15) is 0 Å². The van der Waals surface area contributed by atoms with Gasteiger partial charge in [-0.05, 0) is 43.5 Å². The summed E-state index contributed by atoms with van der Waals surface area (Å²) in [5, 5.41) is 14.6. The van der Waals surface area contributed by atoms with E-state index < -0.39 is 11.9 Å². The van der Waals surface area contributed by atoms with Gasteiger partial charge >= 0.3 is 5.97 Å². The van der Waals surface area contributed by atoms with Crippen molar-refractivity contribution < 1.29 is 14.7 Å². The van der Waals surface area contributed by atoms with E-state index in [1.54, 1.807) is 17.0 Å². The minimum Gasteiger partial charge on any atom is -0.481 e. The maximum Gasteiger partial charge on any atom is 0.308 e. The normalized spacial score (nSPS) is 19.5. The summed E-state index contributed by atoms with van der Waals surface area (Å²) in [5.74, 6) is -1.70. The minimum absolute atomic E-state index is 0.0135. The number of amides is 1. The maximum absolute atomic E-state index is 12.7. The molecule has 7 heteroatoms. The summed E-state index contributed by atoms with van der Waals surface area (Å²) in [6.45, 7) is 4.60. The molecule has 1 N–H and O–H groups in total. The molecule has 0 saturated carbocycles. The van der Waals surface area contributed by atoms with Crippen LogP contribution in [0.25, 0.3) is 0 Å². The van der Waals surface area contributed by atoms with Crippen LogP contribution in [0.15, 0.2) is 24.3 Å². The Bertz CT molecular complexity index is 860. The van der Waals surface area contributed by atoms with Crippen LogP contribution in [0, 0.1) is 19.8 Å². The first-order valence-electron chi connectivity index (χ1n) is 9.03. The molecule has 1 aromatic carbocycles. The van der Waals surface area contributed by atoms with Crippen molar-refractivity contribution in [2.24, 2.45) is 13.0 Å². The standard InChI is InChI=1S/C20H24ClN3O3/c1-12-16(13(2)23(3)22-12)8-9-19(25)24-10-17(18(11-24)20(26)27)14-4-6-15(21)7-5-14/h4-7,17-18H,8-11H2,1-3H3,(H,26,27)/t17-,18+/m0/s1. The Balaban J connectivity index is 1.70. The topological polar surface area (TPSA) is 75.4 Å². The van der Waals surface area contributed by atoms with E-state index >= 15 is 0 Å². The highest BCUT2D eigenvalue weighted by molar-refractivity contribution is 6.30. The van der Waals surface area contributed by atoms with Crippen molar-refractivity contribution in [3.8, 4) is 0 Å². The molecule has 0 unspecified atom stereocenters. The third-order valence-electron chi connectivity index (χ3n) is 5.54. The van der Waals surface area contributed by atoms with Gasteiger partial charge < -0.3 is 10.0 Å². The number of halogens is 1. The molecule has 0 radical (unpaired) electrons. The molecule has 144 valence electrons. The van der Waals surface area contributed by atoms with Crippen LogP contribution in [0.2, 0.25) is 5.02 Å². The van der Waals surface area contributed by atoms with E-state index in [1.165, 1.54) is 0 Å². The molecule has 27 heavy (non-hydrogen) atoms. The quantitative estimate of drug-likeness (QED) is 0.853. The average molecular weight is 390 g/mol. The first kappa shape index (κ1) is 19.4. The van der Waals surface area contributed by atoms with Crippen LogP contribution in [0.3, 0.4) is 0 Å². The second-order valence-electron chi connectivity index (χ2n) is 7.17. The number of aryl methyl sites for hydroxylation is 2. The lowest BCUT2D eigenvalue weighted by Gasteiger charge is -2.17. The van der Waals surface area contributed by atoms with E-state index in [1.807, 2.05) is 37.7 Å². The Morgan fingerprint density at radius 2 is 1.89 bits per heavy atom. The Kier molecular flexibility index (Phi) is 5.56. The molecule has 1 amide bonds. The number of carbonyl (C=O) groups excluding carboxylic acids is 1. The van der Waals surface area contributed by atoms with Gasteiger partial charge in [0.05, 0.1) is 11.6 Å². The summed E-state index contributed by atoms with van der Waals surface area (Å²) in [7, 11) is 1.89. The number of hydrogen-bond acceptors (Lipinski definition) is 3. The van der Waals surface area contributed by atoms with Gasteiger partial charge in [-0.3, -0.25) is 14.3 Å². The average Bonchev–Trinajstić information content (AvgIpc) is 3.16. The number of hydrogen-bond donors (Lipinski definition) is 1. The largest absolute Gasteiger partial charge is 0.481 e. The maximum atomic E-state index is 12.7. The molecule has 1 fully saturated rings. The first-order valence-corrected chi connectivity index (χ1v) is 9.40. The van der Waals surface area contributed by atoms with Crippen molar-refractivity contribution >= 4 is 23.5 Å². The van der Waals surface area contributed by atoms with Crippen molar-refractivity contribution in [1.29, 1.82) is 0 Å². The third-order valence-corrected chi connectivity index (χ3v) is 5.79. The van der Waals surface area contributed by atoms with Crippen molar-refractivity contribution in [1.82, 2.24) is 14.7 Å². The fraction of sp³-hybridized carbons (Fsp3) is 0.450. The number of aromatic nitrogens is 2. The monoisotopic (exact) mass is 389 g/mol. The van der Waals surface area contributed by atoms with Crippen LogP contribution in [-0.4, -0.2) is 44.8 Å². The lowest BCUT2D eigenvalue weighted by Crippen LogP contribution is -2.30. The lowest BCUT2D eigenvalue weighted by atomic mass is 9.89. The van der Waals surface area contributed by atoms with Gasteiger partial charge in [0.25, 0.3) is 0 Å². The molecule has 1 aromatic heterocycles. The molecular formula is C20H24ClN3O3. The molecule has 0 aliphatic carbocycles. The molecule has 0 bridgehead atoms. The fourth-order valence-electron chi connectivity index (χ4n) is 3.87. The second kappa shape index (κ2) is 7.72. The number of rotatable bonds is 5. The third kappa shape index (κ3) is 4.00. The Labute approximate surface area is 163 Å². The van der Waals surface area contributed by atoms with E-state index in [0.717, 1.165) is 22.5 Å². The van der Waals surface area contributed by atoms with Crippen LogP contribution >= 0.6 is 11.6 Å². The van der Waals surface area contributed by atoms with Crippen molar-refractivity contribution in [3.63, 3.8) is 0 Å². The highest BCUT2D eigenvalue weighted by atomic mass is 35.5. The van der Waals surface area contributed by atoms with Crippen molar-refractivity contribution in [2.45, 2.75) is 32.6 Å². The highest BCUT2D eigenvalue weighted by Gasteiger charge is 2.40. The predicted octanol–water partition coefficient (Wildman–Crippen LogP) is 2.95. The molecule has 3 rings (SSSR count). The summed E-state index contributed by atoms with van der Waals surface area (Å²) >= 11 is 5.94. The number of aliphatic carboxylic acids is 1. The van der Waals surface area contributed by atoms with Crippen molar-refractivity contribution in [3.05, 3.63) is 51.8 Å². The minimum atomic E-state index is -0.871. The van der Waals surface area contributed by atoms with E-state index in [-0.39, 0.29) is 18.4 Å². The van der Waals surface area contributed by atoms with E-state index in [9.17, 15) is 14.7 Å². The van der Waals surface area contributed by atoms with Crippen LogP contribution in [0.1, 0.15) is 34.9 Å². The van der Waals surface area contributed by atoms with Gasteiger partial charge in [-0.1, -0.05) is 23.7 Å². The van der Waals surface area contributed by atoms with Gasteiger partial charge in [0.2, 0.25) is 5.91 Å². The number of benzene rings is 1. The van der Waals surface area contributed by atoms with Crippen LogP contribution in [-0.2, 0) is 23.1 Å². The molecule has 1 aliphatic rings.